The van der Waals surface area contributed by atoms with Crippen molar-refractivity contribution in [3.05, 3.63) is 60.7 Å². The molecule has 0 aliphatic carbocycles. The number of benzene rings is 2. The molecule has 0 spiro atoms. The number of phenols is 1. The Kier molecular flexibility index (Phi) is 9.84. The number of carbonyl (C=O) groups excluding carboxylic acids is 1. The minimum Gasteiger partial charge on any atom is -0.504 e. The number of esters is 1. The van der Waals surface area contributed by atoms with E-state index in [1.807, 2.05) is 12.1 Å². The van der Waals surface area contributed by atoms with Gasteiger partial charge in [0.2, 0.25) is 0 Å². The SMILES string of the molecule is C=CC(=O)OCCCCCOc1ccc(-c2ccc(CCCCC)cc2)cc1O. The summed E-state index contributed by atoms with van der Waals surface area (Å²) in [4.78, 5) is 10.9. The Morgan fingerprint density at radius 3 is 2.38 bits per heavy atom. The zero-order valence-corrected chi connectivity index (χ0v) is 17.4. The van der Waals surface area contributed by atoms with E-state index >= 15 is 0 Å². The first-order chi connectivity index (χ1) is 14.1. The van der Waals surface area contributed by atoms with Crippen molar-refractivity contribution in [3.63, 3.8) is 0 Å². The smallest absolute Gasteiger partial charge is 0.330 e. The standard InChI is InChI=1S/C25H32O4/c1-3-5-7-10-20-11-13-21(14-12-20)22-15-16-24(23(26)19-22)28-17-8-6-9-18-29-25(27)4-2/h4,11-16,19,26H,2-3,5-10,17-18H2,1H3. The Hall–Kier alpha value is -2.75. The van der Waals surface area contributed by atoms with Crippen LogP contribution in [0, 0.1) is 0 Å². The van der Waals surface area contributed by atoms with E-state index in [2.05, 4.69) is 37.8 Å². The summed E-state index contributed by atoms with van der Waals surface area (Å²) in [6.07, 6.45) is 8.49. The highest BCUT2D eigenvalue weighted by atomic mass is 16.5. The second-order valence-electron chi connectivity index (χ2n) is 7.12. The van der Waals surface area contributed by atoms with E-state index in [1.54, 1.807) is 6.07 Å². The van der Waals surface area contributed by atoms with Gasteiger partial charge in [-0.1, -0.05) is 56.7 Å². The number of aromatic hydroxyl groups is 1. The summed E-state index contributed by atoms with van der Waals surface area (Å²) in [5.41, 5.74) is 3.41. The molecule has 2 rings (SSSR count). The fourth-order valence-electron chi connectivity index (χ4n) is 3.06. The average Bonchev–Trinajstić information content (AvgIpc) is 2.74. The van der Waals surface area contributed by atoms with Crippen molar-refractivity contribution < 1.29 is 19.4 Å². The second-order valence-corrected chi connectivity index (χ2v) is 7.12. The van der Waals surface area contributed by atoms with Crippen molar-refractivity contribution >= 4 is 5.97 Å². The van der Waals surface area contributed by atoms with Crippen LogP contribution in [-0.4, -0.2) is 24.3 Å². The first kappa shape index (κ1) is 22.5. The van der Waals surface area contributed by atoms with Gasteiger partial charge in [0.25, 0.3) is 0 Å². The van der Waals surface area contributed by atoms with E-state index in [1.165, 1.54) is 24.8 Å². The van der Waals surface area contributed by atoms with Crippen molar-refractivity contribution in [2.24, 2.45) is 0 Å². The van der Waals surface area contributed by atoms with E-state index in [0.29, 0.717) is 19.0 Å². The third-order valence-corrected chi connectivity index (χ3v) is 4.77. The number of rotatable bonds is 13. The monoisotopic (exact) mass is 396 g/mol. The first-order valence-electron chi connectivity index (χ1n) is 10.5. The fraction of sp³-hybridized carbons (Fsp3) is 0.400. The van der Waals surface area contributed by atoms with E-state index in [-0.39, 0.29) is 5.75 Å². The molecular formula is C25H32O4. The van der Waals surface area contributed by atoms with Crippen molar-refractivity contribution in [2.45, 2.75) is 51.9 Å². The molecular weight excluding hydrogens is 364 g/mol. The van der Waals surface area contributed by atoms with Gasteiger partial charge in [-0.25, -0.2) is 4.79 Å². The molecule has 0 aliphatic heterocycles. The minimum atomic E-state index is -0.391. The zero-order chi connectivity index (χ0) is 20.9. The minimum absolute atomic E-state index is 0.148. The molecule has 1 N–H and O–H groups in total. The van der Waals surface area contributed by atoms with Crippen molar-refractivity contribution in [3.8, 4) is 22.6 Å². The highest BCUT2D eigenvalue weighted by Crippen LogP contribution is 2.32. The molecule has 0 saturated heterocycles. The van der Waals surface area contributed by atoms with Crippen LogP contribution in [0.5, 0.6) is 11.5 Å². The van der Waals surface area contributed by atoms with Crippen molar-refractivity contribution in [2.75, 3.05) is 13.2 Å². The number of hydrogen-bond acceptors (Lipinski definition) is 4. The van der Waals surface area contributed by atoms with Gasteiger partial charge < -0.3 is 14.6 Å². The van der Waals surface area contributed by atoms with E-state index in [4.69, 9.17) is 9.47 Å². The number of hydrogen-bond donors (Lipinski definition) is 1. The van der Waals surface area contributed by atoms with Crippen molar-refractivity contribution in [1.29, 1.82) is 0 Å². The molecule has 156 valence electrons. The van der Waals surface area contributed by atoms with Crippen molar-refractivity contribution in [1.82, 2.24) is 0 Å². The lowest BCUT2D eigenvalue weighted by atomic mass is 10.0. The highest BCUT2D eigenvalue weighted by Gasteiger charge is 2.06. The Labute approximate surface area is 174 Å². The van der Waals surface area contributed by atoms with Gasteiger partial charge in [0.15, 0.2) is 11.5 Å². The maximum Gasteiger partial charge on any atom is 0.330 e. The molecule has 0 saturated carbocycles. The summed E-state index contributed by atoms with van der Waals surface area (Å²) >= 11 is 0. The van der Waals surface area contributed by atoms with Gasteiger partial charge in [-0.15, -0.1) is 0 Å². The van der Waals surface area contributed by atoms with Gasteiger partial charge in [0, 0.05) is 6.08 Å². The van der Waals surface area contributed by atoms with E-state index < -0.39 is 5.97 Å². The predicted octanol–water partition coefficient (Wildman–Crippen LogP) is 6.07. The lowest BCUT2D eigenvalue weighted by Gasteiger charge is -2.10. The van der Waals surface area contributed by atoms with Gasteiger partial charge in [-0.05, 0) is 60.9 Å². The van der Waals surface area contributed by atoms with Crippen LogP contribution in [0.1, 0.15) is 51.0 Å². The van der Waals surface area contributed by atoms with Crippen LogP contribution >= 0.6 is 0 Å². The summed E-state index contributed by atoms with van der Waals surface area (Å²) in [6.45, 7) is 6.47. The number of phenolic OH excluding ortho intramolecular Hbond substituents is 1. The molecule has 0 amide bonds. The molecule has 0 fully saturated rings. The second kappa shape index (κ2) is 12.7. The van der Waals surface area contributed by atoms with Gasteiger partial charge >= 0.3 is 5.97 Å². The maximum atomic E-state index is 10.9. The summed E-state index contributed by atoms with van der Waals surface area (Å²) in [5, 5.41) is 10.3. The number of carbonyl (C=O) groups is 1. The van der Waals surface area contributed by atoms with Crippen LogP contribution < -0.4 is 4.74 Å². The molecule has 0 atom stereocenters. The molecule has 2 aromatic rings. The van der Waals surface area contributed by atoms with Crippen LogP contribution in [0.4, 0.5) is 0 Å². The van der Waals surface area contributed by atoms with Gasteiger partial charge in [0.1, 0.15) is 0 Å². The Bertz CT molecular complexity index is 765. The molecule has 0 heterocycles. The topological polar surface area (TPSA) is 55.8 Å². The molecule has 0 bridgehead atoms. The first-order valence-corrected chi connectivity index (χ1v) is 10.5. The number of ether oxygens (including phenoxy) is 2. The number of aryl methyl sites for hydroxylation is 1. The molecule has 0 unspecified atom stereocenters. The molecule has 4 nitrogen and oxygen atoms in total. The molecule has 0 radical (unpaired) electrons. The van der Waals surface area contributed by atoms with E-state index in [0.717, 1.165) is 42.9 Å². The number of unbranched alkanes of at least 4 members (excludes halogenated alkanes) is 4. The Balaban J connectivity index is 1.78. The van der Waals surface area contributed by atoms with Crippen LogP contribution in [0.15, 0.2) is 55.1 Å². The van der Waals surface area contributed by atoms with Crippen LogP contribution in [0.2, 0.25) is 0 Å². The molecule has 2 aromatic carbocycles. The molecule has 29 heavy (non-hydrogen) atoms. The lowest BCUT2D eigenvalue weighted by molar-refractivity contribution is -0.137. The van der Waals surface area contributed by atoms with Gasteiger partial charge in [-0.3, -0.25) is 0 Å². The van der Waals surface area contributed by atoms with E-state index in [9.17, 15) is 9.90 Å². The molecule has 0 aliphatic rings. The predicted molar refractivity (Wildman–Crippen MR) is 117 cm³/mol. The maximum absolute atomic E-state index is 10.9. The largest absolute Gasteiger partial charge is 0.504 e. The lowest BCUT2D eigenvalue weighted by Crippen LogP contribution is -2.03. The van der Waals surface area contributed by atoms with Crippen LogP contribution in [0.3, 0.4) is 0 Å². The summed E-state index contributed by atoms with van der Waals surface area (Å²) in [5.74, 6) is 0.245. The van der Waals surface area contributed by atoms with Gasteiger partial charge in [0.05, 0.1) is 13.2 Å². The quantitative estimate of drug-likeness (QED) is 0.254. The van der Waals surface area contributed by atoms with Gasteiger partial charge in [-0.2, -0.15) is 0 Å². The Morgan fingerprint density at radius 2 is 1.69 bits per heavy atom. The molecule has 4 heteroatoms. The summed E-state index contributed by atoms with van der Waals surface area (Å²) < 4.78 is 10.6. The average molecular weight is 397 g/mol. The normalized spacial score (nSPS) is 10.5. The molecule has 0 aromatic heterocycles. The summed E-state index contributed by atoms with van der Waals surface area (Å²) in [7, 11) is 0. The third kappa shape index (κ3) is 8.02. The highest BCUT2D eigenvalue weighted by molar-refractivity contribution is 5.81. The Morgan fingerprint density at radius 1 is 0.966 bits per heavy atom. The van der Waals surface area contributed by atoms with Crippen LogP contribution in [0.25, 0.3) is 11.1 Å². The third-order valence-electron chi connectivity index (χ3n) is 4.77. The van der Waals surface area contributed by atoms with Crippen LogP contribution in [-0.2, 0) is 16.0 Å². The summed E-state index contributed by atoms with van der Waals surface area (Å²) in [6, 6.07) is 14.1. The fourth-order valence-corrected chi connectivity index (χ4v) is 3.06. The zero-order valence-electron chi connectivity index (χ0n) is 17.4.